The van der Waals surface area contributed by atoms with E-state index in [0.29, 0.717) is 6.10 Å². The Morgan fingerprint density at radius 1 is 0.722 bits per heavy atom. The van der Waals surface area contributed by atoms with Crippen LogP contribution in [0, 0.1) is 0 Å². The molecule has 0 aromatic rings. The maximum Gasteiger partial charge on any atom is 0.0568 e. The van der Waals surface area contributed by atoms with Gasteiger partial charge in [0.15, 0.2) is 0 Å². The summed E-state index contributed by atoms with van der Waals surface area (Å²) in [5.41, 5.74) is 0. The smallest absolute Gasteiger partial charge is 0.0568 e. The molecule has 2 nitrogen and oxygen atoms in total. The van der Waals surface area contributed by atoms with Crippen molar-refractivity contribution in [2.24, 2.45) is 0 Å². The average molecular weight is 258 g/mol. The van der Waals surface area contributed by atoms with Crippen LogP contribution in [0.15, 0.2) is 0 Å². The predicted molar refractivity (Wildman–Crippen MR) is 79.1 cm³/mol. The van der Waals surface area contributed by atoms with Crippen LogP contribution < -0.4 is 0 Å². The van der Waals surface area contributed by atoms with Gasteiger partial charge in [0.25, 0.3) is 0 Å². The van der Waals surface area contributed by atoms with Crippen LogP contribution in [0.25, 0.3) is 0 Å². The highest BCUT2D eigenvalue weighted by molar-refractivity contribution is 4.50. The number of ether oxygens (including phenoxy) is 2. The molecule has 0 radical (unpaired) electrons. The van der Waals surface area contributed by atoms with Crippen LogP contribution >= 0.6 is 0 Å². The zero-order chi connectivity index (χ0) is 13.5. The lowest BCUT2D eigenvalue weighted by atomic mass is 10.2. The summed E-state index contributed by atoms with van der Waals surface area (Å²) in [7, 11) is 0. The van der Waals surface area contributed by atoms with Gasteiger partial charge < -0.3 is 9.47 Å². The summed E-state index contributed by atoms with van der Waals surface area (Å²) < 4.78 is 11.4. The Hall–Kier alpha value is -0.0800. The van der Waals surface area contributed by atoms with E-state index >= 15 is 0 Å². The van der Waals surface area contributed by atoms with Crippen molar-refractivity contribution in [1.82, 2.24) is 0 Å². The normalized spacial score (nSPS) is 12.8. The van der Waals surface area contributed by atoms with Gasteiger partial charge in [-0.15, -0.1) is 0 Å². The Labute approximate surface area is 114 Å². The van der Waals surface area contributed by atoms with Crippen LogP contribution in [0.2, 0.25) is 0 Å². The lowest BCUT2D eigenvalue weighted by Gasteiger charge is -2.13. The molecule has 1 atom stereocenters. The summed E-state index contributed by atoms with van der Waals surface area (Å²) in [4.78, 5) is 0. The van der Waals surface area contributed by atoms with Gasteiger partial charge in [0, 0.05) is 19.8 Å². The third-order valence-electron chi connectivity index (χ3n) is 3.21. The van der Waals surface area contributed by atoms with E-state index in [1.165, 1.54) is 51.4 Å². The molecular weight excluding hydrogens is 224 g/mol. The summed E-state index contributed by atoms with van der Waals surface area (Å²) in [6, 6.07) is 0. The summed E-state index contributed by atoms with van der Waals surface area (Å²) in [5, 5.41) is 0. The molecule has 0 heterocycles. The Morgan fingerprint density at radius 2 is 1.33 bits per heavy atom. The van der Waals surface area contributed by atoms with Gasteiger partial charge in [-0.25, -0.2) is 0 Å². The van der Waals surface area contributed by atoms with Gasteiger partial charge in [-0.2, -0.15) is 0 Å². The minimum atomic E-state index is 0.349. The molecule has 0 aliphatic heterocycles. The zero-order valence-electron chi connectivity index (χ0n) is 12.9. The Bertz CT molecular complexity index is 148. The SMILES string of the molecule is CCCCCCOCCC(C)OCCCCCC. The van der Waals surface area contributed by atoms with Crippen molar-refractivity contribution in [2.45, 2.75) is 84.7 Å². The standard InChI is InChI=1S/C16H34O2/c1-4-6-8-10-13-17-15-12-16(3)18-14-11-9-7-5-2/h16H,4-15H2,1-3H3. The fourth-order valence-electron chi connectivity index (χ4n) is 1.88. The van der Waals surface area contributed by atoms with Gasteiger partial charge in [0.2, 0.25) is 0 Å². The van der Waals surface area contributed by atoms with Crippen LogP contribution in [0.5, 0.6) is 0 Å². The molecule has 0 amide bonds. The lowest BCUT2D eigenvalue weighted by Crippen LogP contribution is -2.12. The molecule has 0 aliphatic rings. The number of rotatable bonds is 14. The van der Waals surface area contributed by atoms with E-state index in [4.69, 9.17) is 9.47 Å². The first kappa shape index (κ1) is 17.9. The van der Waals surface area contributed by atoms with Crippen LogP contribution in [-0.2, 0) is 9.47 Å². The first-order valence-electron chi connectivity index (χ1n) is 8.00. The van der Waals surface area contributed by atoms with Gasteiger partial charge >= 0.3 is 0 Å². The summed E-state index contributed by atoms with van der Waals surface area (Å²) >= 11 is 0. The summed E-state index contributed by atoms with van der Waals surface area (Å²) in [5.74, 6) is 0. The van der Waals surface area contributed by atoms with Crippen LogP contribution in [0.3, 0.4) is 0 Å². The Kier molecular flexibility index (Phi) is 14.9. The second-order valence-corrected chi connectivity index (χ2v) is 5.20. The van der Waals surface area contributed by atoms with E-state index in [-0.39, 0.29) is 0 Å². The average Bonchev–Trinajstić information content (AvgIpc) is 2.37. The number of hydrogen-bond donors (Lipinski definition) is 0. The zero-order valence-corrected chi connectivity index (χ0v) is 12.9. The molecule has 0 aromatic heterocycles. The third kappa shape index (κ3) is 14.0. The maximum absolute atomic E-state index is 5.75. The molecule has 0 aromatic carbocycles. The molecule has 2 heteroatoms. The van der Waals surface area contributed by atoms with Gasteiger partial charge in [0.05, 0.1) is 6.10 Å². The number of unbranched alkanes of at least 4 members (excludes halogenated alkanes) is 6. The van der Waals surface area contributed by atoms with Crippen molar-refractivity contribution in [3.05, 3.63) is 0 Å². The molecule has 0 saturated heterocycles. The summed E-state index contributed by atoms with van der Waals surface area (Å²) in [6.07, 6.45) is 11.7. The molecule has 0 fully saturated rings. The lowest BCUT2D eigenvalue weighted by molar-refractivity contribution is 0.0292. The topological polar surface area (TPSA) is 18.5 Å². The highest BCUT2D eigenvalue weighted by atomic mass is 16.5. The highest BCUT2D eigenvalue weighted by Gasteiger charge is 2.01. The van der Waals surface area contributed by atoms with E-state index in [1.54, 1.807) is 0 Å². The van der Waals surface area contributed by atoms with Gasteiger partial charge in [-0.05, 0) is 26.2 Å². The number of hydrogen-bond acceptors (Lipinski definition) is 2. The second-order valence-electron chi connectivity index (χ2n) is 5.20. The predicted octanol–water partition coefficient (Wildman–Crippen LogP) is 4.96. The van der Waals surface area contributed by atoms with E-state index in [2.05, 4.69) is 20.8 Å². The molecule has 18 heavy (non-hydrogen) atoms. The first-order chi connectivity index (χ1) is 8.81. The summed E-state index contributed by atoms with van der Waals surface area (Å²) in [6.45, 7) is 9.31. The van der Waals surface area contributed by atoms with Crippen molar-refractivity contribution in [3.63, 3.8) is 0 Å². The van der Waals surface area contributed by atoms with Crippen LogP contribution in [0.1, 0.15) is 78.6 Å². The van der Waals surface area contributed by atoms with E-state index in [1.807, 2.05) is 0 Å². The molecule has 0 spiro atoms. The largest absolute Gasteiger partial charge is 0.381 e. The van der Waals surface area contributed by atoms with Gasteiger partial charge in [-0.3, -0.25) is 0 Å². The van der Waals surface area contributed by atoms with E-state index in [9.17, 15) is 0 Å². The fourth-order valence-corrected chi connectivity index (χ4v) is 1.88. The van der Waals surface area contributed by atoms with Crippen LogP contribution in [0.4, 0.5) is 0 Å². The molecule has 0 saturated carbocycles. The first-order valence-corrected chi connectivity index (χ1v) is 8.00. The molecular formula is C16H34O2. The van der Waals surface area contributed by atoms with Crippen molar-refractivity contribution >= 4 is 0 Å². The third-order valence-corrected chi connectivity index (χ3v) is 3.21. The molecule has 0 N–H and O–H groups in total. The minimum Gasteiger partial charge on any atom is -0.381 e. The Morgan fingerprint density at radius 3 is 1.94 bits per heavy atom. The van der Waals surface area contributed by atoms with Crippen molar-refractivity contribution < 1.29 is 9.47 Å². The molecule has 0 bridgehead atoms. The molecule has 0 aliphatic carbocycles. The van der Waals surface area contributed by atoms with Gasteiger partial charge in [-0.1, -0.05) is 52.4 Å². The monoisotopic (exact) mass is 258 g/mol. The van der Waals surface area contributed by atoms with Crippen LogP contribution in [-0.4, -0.2) is 25.9 Å². The van der Waals surface area contributed by atoms with Crippen molar-refractivity contribution in [1.29, 1.82) is 0 Å². The van der Waals surface area contributed by atoms with E-state index < -0.39 is 0 Å². The molecule has 1 unspecified atom stereocenters. The molecule has 110 valence electrons. The van der Waals surface area contributed by atoms with Gasteiger partial charge in [0.1, 0.15) is 0 Å². The highest BCUT2D eigenvalue weighted by Crippen LogP contribution is 2.04. The second kappa shape index (κ2) is 15.0. The maximum atomic E-state index is 5.75. The molecule has 0 rings (SSSR count). The van der Waals surface area contributed by atoms with E-state index in [0.717, 1.165) is 26.2 Å². The van der Waals surface area contributed by atoms with Crippen molar-refractivity contribution in [2.75, 3.05) is 19.8 Å². The van der Waals surface area contributed by atoms with Crippen molar-refractivity contribution in [3.8, 4) is 0 Å². The minimum absolute atomic E-state index is 0.349. The fraction of sp³-hybridized carbons (Fsp3) is 1.00. The Balaban J connectivity index is 3.09. The quantitative estimate of drug-likeness (QED) is 0.410.